The molecule has 25 heavy (non-hydrogen) atoms. The Morgan fingerprint density at radius 2 is 1.96 bits per heavy atom. The number of benzene rings is 1. The molecule has 5 heteroatoms. The van der Waals surface area contributed by atoms with Crippen LogP contribution in [0.15, 0.2) is 42.7 Å². The fourth-order valence-corrected chi connectivity index (χ4v) is 3.18. The van der Waals surface area contributed by atoms with E-state index in [1.54, 1.807) is 23.0 Å². The van der Waals surface area contributed by atoms with Crippen LogP contribution in [-0.4, -0.2) is 33.7 Å². The molecule has 132 valence electrons. The second-order valence-corrected chi connectivity index (χ2v) is 6.60. The third-order valence-electron chi connectivity index (χ3n) is 4.57. The van der Waals surface area contributed by atoms with E-state index in [-0.39, 0.29) is 5.91 Å². The largest absolute Gasteiger partial charge is 0.348 e. The van der Waals surface area contributed by atoms with Gasteiger partial charge in [0.2, 0.25) is 5.91 Å². The topological polar surface area (TPSA) is 50.2 Å². The minimum atomic E-state index is -0.0865. The Bertz CT molecular complexity index is 729. The van der Waals surface area contributed by atoms with E-state index in [1.807, 2.05) is 19.3 Å². The minimum Gasteiger partial charge on any atom is -0.348 e. The number of nitrogens with zero attached hydrogens (tertiary/aromatic N) is 3. The molecule has 1 aliphatic rings. The van der Waals surface area contributed by atoms with Gasteiger partial charge in [0, 0.05) is 38.0 Å². The predicted molar refractivity (Wildman–Crippen MR) is 99.7 cm³/mol. The normalized spacial score (nSPS) is 15.6. The van der Waals surface area contributed by atoms with Gasteiger partial charge >= 0.3 is 0 Å². The number of aromatic nitrogens is 2. The van der Waals surface area contributed by atoms with Gasteiger partial charge in [0.05, 0.1) is 6.20 Å². The summed E-state index contributed by atoms with van der Waals surface area (Å²) in [5, 5.41) is 7.07. The average molecular weight is 338 g/mol. The smallest absolute Gasteiger partial charge is 0.244 e. The van der Waals surface area contributed by atoms with E-state index in [0.29, 0.717) is 6.54 Å². The molecule has 3 rings (SSSR count). The van der Waals surface area contributed by atoms with Crippen LogP contribution < -0.4 is 5.32 Å². The van der Waals surface area contributed by atoms with Crippen molar-refractivity contribution in [3.63, 3.8) is 0 Å². The number of aryl methyl sites for hydroxylation is 1. The maximum atomic E-state index is 12.1. The van der Waals surface area contributed by atoms with Gasteiger partial charge in [-0.2, -0.15) is 5.10 Å². The van der Waals surface area contributed by atoms with E-state index in [1.165, 1.54) is 43.5 Å². The number of likely N-dealkylation sites (tertiary alicyclic amines) is 1. The van der Waals surface area contributed by atoms with Gasteiger partial charge in [-0.1, -0.05) is 30.7 Å². The van der Waals surface area contributed by atoms with E-state index in [0.717, 1.165) is 12.1 Å². The van der Waals surface area contributed by atoms with Crippen LogP contribution in [0.25, 0.3) is 6.08 Å². The van der Waals surface area contributed by atoms with Gasteiger partial charge in [-0.05, 0) is 43.1 Å². The third-order valence-corrected chi connectivity index (χ3v) is 4.57. The van der Waals surface area contributed by atoms with E-state index >= 15 is 0 Å². The van der Waals surface area contributed by atoms with Crippen molar-refractivity contribution in [2.45, 2.75) is 32.4 Å². The lowest BCUT2D eigenvalue weighted by atomic mass is 10.0. The highest BCUT2D eigenvalue weighted by molar-refractivity contribution is 5.91. The molecule has 5 nitrogen and oxygen atoms in total. The first kappa shape index (κ1) is 17.4. The third kappa shape index (κ3) is 5.29. The van der Waals surface area contributed by atoms with Gasteiger partial charge in [0.1, 0.15) is 0 Å². The lowest BCUT2D eigenvalue weighted by Crippen LogP contribution is -2.30. The summed E-state index contributed by atoms with van der Waals surface area (Å²) in [7, 11) is 1.86. The van der Waals surface area contributed by atoms with Crippen molar-refractivity contribution in [3.8, 4) is 0 Å². The Morgan fingerprint density at radius 1 is 1.20 bits per heavy atom. The zero-order chi connectivity index (χ0) is 17.5. The molecule has 0 unspecified atom stereocenters. The van der Waals surface area contributed by atoms with E-state index in [4.69, 9.17) is 0 Å². The zero-order valence-electron chi connectivity index (χ0n) is 14.8. The average Bonchev–Trinajstić information content (AvgIpc) is 3.05. The van der Waals surface area contributed by atoms with Gasteiger partial charge in [0.25, 0.3) is 0 Å². The highest BCUT2D eigenvalue weighted by atomic mass is 16.1. The van der Waals surface area contributed by atoms with E-state index in [2.05, 4.69) is 33.5 Å². The van der Waals surface area contributed by atoms with Crippen molar-refractivity contribution in [3.05, 3.63) is 59.4 Å². The molecule has 0 bridgehead atoms. The van der Waals surface area contributed by atoms with Crippen molar-refractivity contribution in [1.29, 1.82) is 0 Å². The molecule has 1 amide bonds. The monoisotopic (exact) mass is 338 g/mol. The second-order valence-electron chi connectivity index (χ2n) is 6.60. The van der Waals surface area contributed by atoms with Crippen molar-refractivity contribution >= 4 is 12.0 Å². The van der Waals surface area contributed by atoms with Crippen LogP contribution >= 0.6 is 0 Å². The van der Waals surface area contributed by atoms with Crippen LogP contribution in [0.3, 0.4) is 0 Å². The van der Waals surface area contributed by atoms with Crippen molar-refractivity contribution in [1.82, 2.24) is 20.0 Å². The first-order valence-corrected chi connectivity index (χ1v) is 8.94. The first-order chi connectivity index (χ1) is 12.2. The summed E-state index contributed by atoms with van der Waals surface area (Å²) in [6.45, 7) is 3.88. The Hall–Kier alpha value is -2.40. The van der Waals surface area contributed by atoms with Gasteiger partial charge in [-0.15, -0.1) is 0 Å². The molecule has 1 aromatic heterocycles. The van der Waals surface area contributed by atoms with Crippen LogP contribution in [0.4, 0.5) is 0 Å². The van der Waals surface area contributed by atoms with Crippen LogP contribution in [0.1, 0.15) is 36.0 Å². The number of hydrogen-bond acceptors (Lipinski definition) is 3. The Morgan fingerprint density at radius 3 is 2.68 bits per heavy atom. The van der Waals surface area contributed by atoms with Crippen LogP contribution in [0, 0.1) is 0 Å². The van der Waals surface area contributed by atoms with E-state index < -0.39 is 0 Å². The quantitative estimate of drug-likeness (QED) is 0.824. The number of rotatable bonds is 6. The van der Waals surface area contributed by atoms with E-state index in [9.17, 15) is 4.79 Å². The highest BCUT2D eigenvalue weighted by Gasteiger charge is 2.12. The second kappa shape index (κ2) is 8.62. The van der Waals surface area contributed by atoms with Crippen LogP contribution in [0.2, 0.25) is 0 Å². The number of carbonyl (C=O) groups is 1. The Labute approximate surface area is 149 Å². The highest BCUT2D eigenvalue weighted by Crippen LogP contribution is 2.16. The summed E-state index contributed by atoms with van der Waals surface area (Å²) in [6, 6.07) is 8.38. The number of nitrogens with one attached hydrogen (secondary N) is 1. The molecule has 1 fully saturated rings. The van der Waals surface area contributed by atoms with Gasteiger partial charge in [-0.25, -0.2) is 0 Å². The number of amides is 1. The summed E-state index contributed by atoms with van der Waals surface area (Å²) in [6.07, 6.45) is 10.9. The molecule has 1 N–H and O–H groups in total. The number of hydrogen-bond donors (Lipinski definition) is 1. The molecule has 1 saturated heterocycles. The van der Waals surface area contributed by atoms with Crippen LogP contribution in [0.5, 0.6) is 0 Å². The number of piperidine rings is 1. The SMILES string of the molecule is Cn1cc(C=CC(=O)NCc2ccccc2CN2CCCCC2)cn1. The molecule has 2 aromatic rings. The van der Waals surface area contributed by atoms with Crippen LogP contribution in [-0.2, 0) is 24.9 Å². The lowest BCUT2D eigenvalue weighted by Gasteiger charge is -2.27. The summed E-state index contributed by atoms with van der Waals surface area (Å²) in [5.74, 6) is -0.0865. The maximum absolute atomic E-state index is 12.1. The molecule has 0 atom stereocenters. The fourth-order valence-electron chi connectivity index (χ4n) is 3.18. The first-order valence-electron chi connectivity index (χ1n) is 8.94. The predicted octanol–water partition coefficient (Wildman–Crippen LogP) is 2.74. The molecular weight excluding hydrogens is 312 g/mol. The standard InChI is InChI=1S/C20H26N4O/c1-23-15-17(13-22-23)9-10-20(25)21-14-18-7-3-4-8-19(18)16-24-11-5-2-6-12-24/h3-4,7-10,13,15H,2,5-6,11-12,14,16H2,1H3,(H,21,25). The van der Waals surface area contributed by atoms with Gasteiger partial charge in [-0.3, -0.25) is 14.4 Å². The molecule has 0 spiro atoms. The van der Waals surface area contributed by atoms with Crippen molar-refractivity contribution in [2.75, 3.05) is 13.1 Å². The Balaban J connectivity index is 1.55. The molecule has 0 saturated carbocycles. The van der Waals surface area contributed by atoms with Gasteiger partial charge < -0.3 is 5.32 Å². The lowest BCUT2D eigenvalue weighted by molar-refractivity contribution is -0.116. The molecule has 2 heterocycles. The van der Waals surface area contributed by atoms with Crippen molar-refractivity contribution in [2.24, 2.45) is 7.05 Å². The Kier molecular flexibility index (Phi) is 6.01. The molecule has 0 aliphatic carbocycles. The molecule has 1 aromatic carbocycles. The zero-order valence-corrected chi connectivity index (χ0v) is 14.8. The fraction of sp³-hybridized carbons (Fsp3) is 0.400. The summed E-state index contributed by atoms with van der Waals surface area (Å²) < 4.78 is 1.72. The summed E-state index contributed by atoms with van der Waals surface area (Å²) >= 11 is 0. The summed E-state index contributed by atoms with van der Waals surface area (Å²) in [5.41, 5.74) is 3.42. The maximum Gasteiger partial charge on any atom is 0.244 e. The van der Waals surface area contributed by atoms with Crippen molar-refractivity contribution < 1.29 is 4.79 Å². The molecule has 0 radical (unpaired) electrons. The summed E-state index contributed by atoms with van der Waals surface area (Å²) in [4.78, 5) is 14.6. The van der Waals surface area contributed by atoms with Gasteiger partial charge in [0.15, 0.2) is 0 Å². The molecular formula is C20H26N4O. The minimum absolute atomic E-state index is 0.0865. The molecule has 1 aliphatic heterocycles. The number of carbonyl (C=O) groups excluding carboxylic acids is 1.